The van der Waals surface area contributed by atoms with Gasteiger partial charge in [-0.1, -0.05) is 0 Å². The molecule has 0 fully saturated rings. The number of rotatable bonds is 1. The summed E-state index contributed by atoms with van der Waals surface area (Å²) in [7, 11) is 0. The normalized spacial score (nSPS) is 19.4. The van der Waals surface area contributed by atoms with Crippen molar-refractivity contribution in [2.75, 3.05) is 0 Å². The number of fused-ring (bicyclic) bond motifs is 6. The molecular formula is C27H18IO-. The Labute approximate surface area is 180 Å². The number of hydrogen-bond acceptors (Lipinski definition) is 1. The molecule has 0 amide bonds. The molecule has 3 heterocycles. The molecule has 3 aliphatic heterocycles. The molecule has 0 saturated carbocycles. The fourth-order valence-corrected chi connectivity index (χ4v) is 6.97. The molecule has 140 valence electrons. The van der Waals surface area contributed by atoms with Crippen molar-refractivity contribution in [3.05, 3.63) is 127 Å². The van der Waals surface area contributed by atoms with Crippen LogP contribution in [0.2, 0.25) is 0 Å². The molecule has 3 aliphatic rings. The first-order valence-electron chi connectivity index (χ1n) is 9.79. The fourth-order valence-electron chi connectivity index (χ4n) is 4.33. The molecule has 1 nitrogen and oxygen atoms in total. The number of para-hydroxylation sites is 1. The third-order valence-corrected chi connectivity index (χ3v) is 8.51. The van der Waals surface area contributed by atoms with Crippen molar-refractivity contribution in [3.8, 4) is 11.5 Å². The first kappa shape index (κ1) is 17.0. The van der Waals surface area contributed by atoms with E-state index in [1.165, 1.54) is 34.6 Å². The van der Waals surface area contributed by atoms with Crippen LogP contribution < -0.4 is 25.9 Å². The molecule has 0 spiro atoms. The minimum atomic E-state index is -0.211. The Hall–Kier alpha value is -2.85. The molecule has 3 aromatic rings. The number of hydrogen-bond donors (Lipinski definition) is 0. The molecule has 29 heavy (non-hydrogen) atoms. The summed E-state index contributed by atoms with van der Waals surface area (Å²) in [6.07, 6.45) is 15.7. The van der Waals surface area contributed by atoms with Crippen molar-refractivity contribution in [3.63, 3.8) is 0 Å². The van der Waals surface area contributed by atoms with Crippen LogP contribution in [-0.4, -0.2) is 0 Å². The van der Waals surface area contributed by atoms with Gasteiger partial charge in [-0.15, -0.1) is 0 Å². The van der Waals surface area contributed by atoms with Crippen LogP contribution in [0.4, 0.5) is 0 Å². The SMILES string of the molecule is C1=CC=C2[I-]C(=C1)C=CC=C2C1c2ccccc2Oc2ccc3ccccc3c21. The maximum atomic E-state index is 6.39. The summed E-state index contributed by atoms with van der Waals surface area (Å²) in [6, 6.07) is 21.5. The summed E-state index contributed by atoms with van der Waals surface area (Å²) < 4.78 is 9.32. The monoisotopic (exact) mass is 485 g/mol. The standard InChI is InChI=1S/C27H18IO/c1-3-11-20-18(8-1)16-17-25-27(20)26(22-12-4-6-15-24(22)29-25)21-13-7-10-19-9-2-5-14-23(21)28-19/h1-17,26H/q-1. The van der Waals surface area contributed by atoms with E-state index in [0.717, 1.165) is 11.5 Å². The molecule has 2 bridgehead atoms. The molecule has 0 aromatic heterocycles. The van der Waals surface area contributed by atoms with Crippen molar-refractivity contribution in [1.29, 1.82) is 0 Å². The molecule has 3 aromatic carbocycles. The van der Waals surface area contributed by atoms with E-state index in [4.69, 9.17) is 4.74 Å². The van der Waals surface area contributed by atoms with Crippen molar-refractivity contribution < 1.29 is 25.9 Å². The van der Waals surface area contributed by atoms with Crippen LogP contribution in [0.3, 0.4) is 0 Å². The van der Waals surface area contributed by atoms with Crippen LogP contribution in [0.1, 0.15) is 17.0 Å². The van der Waals surface area contributed by atoms with Gasteiger partial charge in [0.25, 0.3) is 0 Å². The first-order valence-corrected chi connectivity index (χ1v) is 11.9. The molecule has 1 unspecified atom stereocenters. The summed E-state index contributed by atoms with van der Waals surface area (Å²) in [6.45, 7) is 0. The molecular weight excluding hydrogens is 467 g/mol. The second kappa shape index (κ2) is 6.89. The Kier molecular flexibility index (Phi) is 4.05. The van der Waals surface area contributed by atoms with Crippen molar-refractivity contribution in [1.82, 2.24) is 0 Å². The Morgan fingerprint density at radius 2 is 1.59 bits per heavy atom. The van der Waals surface area contributed by atoms with Gasteiger partial charge in [0.1, 0.15) is 0 Å². The number of benzene rings is 3. The van der Waals surface area contributed by atoms with Crippen LogP contribution in [-0.2, 0) is 0 Å². The van der Waals surface area contributed by atoms with Crippen molar-refractivity contribution in [2.24, 2.45) is 0 Å². The van der Waals surface area contributed by atoms with Gasteiger partial charge in [0.15, 0.2) is 0 Å². The van der Waals surface area contributed by atoms with Crippen LogP contribution in [0.25, 0.3) is 10.8 Å². The zero-order chi connectivity index (χ0) is 19.2. The van der Waals surface area contributed by atoms with E-state index in [1.54, 1.807) is 0 Å². The second-order valence-electron chi connectivity index (χ2n) is 7.30. The van der Waals surface area contributed by atoms with Gasteiger partial charge in [-0.2, -0.15) is 0 Å². The first-order chi connectivity index (χ1) is 14.4. The van der Waals surface area contributed by atoms with E-state index in [2.05, 4.69) is 103 Å². The molecule has 6 rings (SSSR count). The van der Waals surface area contributed by atoms with E-state index in [0.29, 0.717) is 0 Å². The van der Waals surface area contributed by atoms with E-state index < -0.39 is 0 Å². The third kappa shape index (κ3) is 2.82. The number of ether oxygens (including phenoxy) is 1. The fraction of sp³-hybridized carbons (Fsp3) is 0.0370. The average Bonchev–Trinajstić information content (AvgIpc) is 3.13. The summed E-state index contributed by atoms with van der Waals surface area (Å²) in [5, 5.41) is 2.53. The zero-order valence-electron chi connectivity index (χ0n) is 15.7. The van der Waals surface area contributed by atoms with Gasteiger partial charge in [0.2, 0.25) is 0 Å². The molecule has 0 aliphatic carbocycles. The Morgan fingerprint density at radius 3 is 2.59 bits per heavy atom. The minimum absolute atomic E-state index is 0.169. The maximum absolute atomic E-state index is 6.39. The summed E-state index contributed by atoms with van der Waals surface area (Å²) >= 11 is -0.211. The van der Waals surface area contributed by atoms with Gasteiger partial charge in [-0.05, 0) is 0 Å². The van der Waals surface area contributed by atoms with Gasteiger partial charge >= 0.3 is 181 Å². The van der Waals surface area contributed by atoms with Crippen LogP contribution in [0.15, 0.2) is 116 Å². The molecule has 1 atom stereocenters. The Balaban J connectivity index is 1.66. The summed E-state index contributed by atoms with van der Waals surface area (Å²) in [5.41, 5.74) is 3.94. The van der Waals surface area contributed by atoms with Crippen LogP contribution in [0, 0.1) is 0 Å². The number of halogens is 1. The molecule has 2 heteroatoms. The van der Waals surface area contributed by atoms with E-state index in [-0.39, 0.29) is 27.1 Å². The molecule has 0 N–H and O–H groups in total. The third-order valence-electron chi connectivity index (χ3n) is 5.61. The molecule has 0 saturated heterocycles. The van der Waals surface area contributed by atoms with Gasteiger partial charge < -0.3 is 0 Å². The van der Waals surface area contributed by atoms with Gasteiger partial charge in [-0.3, -0.25) is 0 Å². The Bertz CT molecular complexity index is 1300. The van der Waals surface area contributed by atoms with Gasteiger partial charge in [0.05, 0.1) is 0 Å². The van der Waals surface area contributed by atoms with E-state index in [9.17, 15) is 0 Å². The molecule has 0 radical (unpaired) electrons. The summed E-state index contributed by atoms with van der Waals surface area (Å²) in [5.74, 6) is 2.11. The second-order valence-corrected chi connectivity index (χ2v) is 10.2. The summed E-state index contributed by atoms with van der Waals surface area (Å²) in [4.78, 5) is 0. The quantitative estimate of drug-likeness (QED) is 0.474. The van der Waals surface area contributed by atoms with Gasteiger partial charge in [-0.25, -0.2) is 0 Å². The van der Waals surface area contributed by atoms with Crippen LogP contribution >= 0.6 is 0 Å². The van der Waals surface area contributed by atoms with Gasteiger partial charge in [0, 0.05) is 0 Å². The van der Waals surface area contributed by atoms with Crippen molar-refractivity contribution in [2.45, 2.75) is 5.92 Å². The van der Waals surface area contributed by atoms with E-state index in [1.807, 2.05) is 0 Å². The van der Waals surface area contributed by atoms with E-state index >= 15 is 0 Å². The Morgan fingerprint density at radius 1 is 0.724 bits per heavy atom. The van der Waals surface area contributed by atoms with Crippen molar-refractivity contribution >= 4 is 10.8 Å². The topological polar surface area (TPSA) is 9.23 Å². The number of allylic oxidation sites excluding steroid dienone is 10. The predicted molar refractivity (Wildman–Crippen MR) is 115 cm³/mol. The predicted octanol–water partition coefficient (Wildman–Crippen LogP) is 4.00. The average molecular weight is 485 g/mol. The zero-order valence-corrected chi connectivity index (χ0v) is 17.8. The van der Waals surface area contributed by atoms with Crippen LogP contribution in [0.5, 0.6) is 11.5 Å².